The number of anilines is 1. The Balaban J connectivity index is 2.08. The molecule has 0 aliphatic carbocycles. The summed E-state index contributed by atoms with van der Waals surface area (Å²) < 4.78 is 10.3. The predicted octanol–water partition coefficient (Wildman–Crippen LogP) is 0.819. The normalized spacial score (nSPS) is 20.2. The average molecular weight is 219 g/mol. The first kappa shape index (κ1) is 10.7. The summed E-state index contributed by atoms with van der Waals surface area (Å²) in [5, 5.41) is 8.80. The molecular formula is C11H13N3O2. The van der Waals surface area contributed by atoms with Gasteiger partial charge in [0.05, 0.1) is 32.5 Å². The van der Waals surface area contributed by atoms with Crippen molar-refractivity contribution in [3.63, 3.8) is 0 Å². The van der Waals surface area contributed by atoms with Crippen LogP contribution in [-0.2, 0) is 4.74 Å². The molecule has 0 amide bonds. The summed E-state index contributed by atoms with van der Waals surface area (Å²) in [5.74, 6) is 1.58. The summed E-state index contributed by atoms with van der Waals surface area (Å²) in [6.45, 7) is 1.89. The lowest BCUT2D eigenvalue weighted by Crippen LogP contribution is -2.42. The molecular weight excluding hydrogens is 206 g/mol. The van der Waals surface area contributed by atoms with E-state index in [1.54, 1.807) is 13.3 Å². The molecule has 1 atom stereocenters. The summed E-state index contributed by atoms with van der Waals surface area (Å²) in [6.07, 6.45) is 1.31. The third-order valence-electron chi connectivity index (χ3n) is 2.49. The summed E-state index contributed by atoms with van der Waals surface area (Å²) in [6, 6.07) is 5.86. The number of rotatable bonds is 2. The van der Waals surface area contributed by atoms with Gasteiger partial charge in [0.25, 0.3) is 0 Å². The van der Waals surface area contributed by atoms with Gasteiger partial charge in [-0.25, -0.2) is 4.98 Å². The Labute approximate surface area is 94.2 Å². The van der Waals surface area contributed by atoms with Crippen LogP contribution in [0.25, 0.3) is 0 Å². The van der Waals surface area contributed by atoms with Crippen LogP contribution >= 0.6 is 0 Å². The Kier molecular flexibility index (Phi) is 3.22. The quantitative estimate of drug-likeness (QED) is 0.737. The van der Waals surface area contributed by atoms with Gasteiger partial charge in [0.15, 0.2) is 6.10 Å². The zero-order chi connectivity index (χ0) is 11.4. The smallest absolute Gasteiger partial charge is 0.161 e. The van der Waals surface area contributed by atoms with Crippen LogP contribution in [0, 0.1) is 11.3 Å². The fourth-order valence-corrected chi connectivity index (χ4v) is 1.62. The molecule has 16 heavy (non-hydrogen) atoms. The summed E-state index contributed by atoms with van der Waals surface area (Å²) in [7, 11) is 1.61. The van der Waals surface area contributed by atoms with E-state index in [0.29, 0.717) is 13.2 Å². The van der Waals surface area contributed by atoms with Crippen LogP contribution in [0.15, 0.2) is 18.3 Å². The fourth-order valence-electron chi connectivity index (χ4n) is 1.62. The van der Waals surface area contributed by atoms with Crippen LogP contribution in [0.4, 0.5) is 5.82 Å². The number of ether oxygens (including phenoxy) is 2. The molecule has 1 unspecified atom stereocenters. The first-order chi connectivity index (χ1) is 7.83. The van der Waals surface area contributed by atoms with Crippen molar-refractivity contribution in [3.05, 3.63) is 18.3 Å². The maximum Gasteiger partial charge on any atom is 0.161 e. The lowest BCUT2D eigenvalue weighted by molar-refractivity contribution is 0.0761. The van der Waals surface area contributed by atoms with E-state index < -0.39 is 0 Å². The van der Waals surface area contributed by atoms with Crippen molar-refractivity contribution in [1.82, 2.24) is 4.98 Å². The number of nitriles is 1. The van der Waals surface area contributed by atoms with Gasteiger partial charge in [0.2, 0.25) is 0 Å². The number of methoxy groups -OCH3 is 1. The van der Waals surface area contributed by atoms with E-state index in [0.717, 1.165) is 18.1 Å². The van der Waals surface area contributed by atoms with Crippen molar-refractivity contribution in [2.45, 2.75) is 6.10 Å². The molecule has 1 aromatic rings. The van der Waals surface area contributed by atoms with E-state index in [9.17, 15) is 0 Å². The number of hydrogen-bond acceptors (Lipinski definition) is 5. The minimum atomic E-state index is -0.363. The highest BCUT2D eigenvalue weighted by molar-refractivity contribution is 5.41. The molecule has 1 saturated heterocycles. The minimum Gasteiger partial charge on any atom is -0.495 e. The summed E-state index contributed by atoms with van der Waals surface area (Å²) >= 11 is 0. The molecule has 1 fully saturated rings. The van der Waals surface area contributed by atoms with Gasteiger partial charge in [-0.3, -0.25) is 0 Å². The van der Waals surface area contributed by atoms with Crippen LogP contribution in [0.5, 0.6) is 5.75 Å². The van der Waals surface area contributed by atoms with Crippen molar-refractivity contribution < 1.29 is 9.47 Å². The van der Waals surface area contributed by atoms with Gasteiger partial charge in [-0.1, -0.05) is 0 Å². The lowest BCUT2D eigenvalue weighted by atomic mass is 10.3. The van der Waals surface area contributed by atoms with Crippen LogP contribution in [0.2, 0.25) is 0 Å². The molecule has 5 heteroatoms. The van der Waals surface area contributed by atoms with Gasteiger partial charge in [-0.2, -0.15) is 5.26 Å². The van der Waals surface area contributed by atoms with Crippen molar-refractivity contribution in [2.24, 2.45) is 0 Å². The molecule has 1 aliphatic heterocycles. The summed E-state index contributed by atoms with van der Waals surface area (Å²) in [4.78, 5) is 6.32. The van der Waals surface area contributed by atoms with Crippen molar-refractivity contribution in [3.8, 4) is 11.8 Å². The van der Waals surface area contributed by atoms with E-state index >= 15 is 0 Å². The molecule has 84 valence electrons. The maximum atomic E-state index is 8.80. The standard InChI is InChI=1S/C11H13N3O2/c1-15-9-2-3-11(13-7-9)14-4-5-16-10(6-12)8-14/h2-3,7,10H,4-5,8H2,1H3. The van der Waals surface area contributed by atoms with Crippen LogP contribution < -0.4 is 9.64 Å². The van der Waals surface area contributed by atoms with Crippen LogP contribution in [0.1, 0.15) is 0 Å². The number of morpholine rings is 1. The van der Waals surface area contributed by atoms with Crippen molar-refractivity contribution >= 4 is 5.82 Å². The Morgan fingerprint density at radius 3 is 3.12 bits per heavy atom. The van der Waals surface area contributed by atoms with Gasteiger partial charge in [0.1, 0.15) is 11.6 Å². The number of pyridine rings is 1. The van der Waals surface area contributed by atoms with Gasteiger partial charge in [0, 0.05) is 6.54 Å². The molecule has 1 aliphatic rings. The first-order valence-corrected chi connectivity index (χ1v) is 5.09. The van der Waals surface area contributed by atoms with E-state index in [1.165, 1.54) is 0 Å². The molecule has 1 aromatic heterocycles. The molecule has 0 spiro atoms. The molecule has 0 saturated carbocycles. The molecule has 0 radical (unpaired) electrons. The molecule has 0 aromatic carbocycles. The highest BCUT2D eigenvalue weighted by atomic mass is 16.5. The van der Waals surface area contributed by atoms with Gasteiger partial charge < -0.3 is 14.4 Å². The Hall–Kier alpha value is -1.80. The molecule has 5 nitrogen and oxygen atoms in total. The summed E-state index contributed by atoms with van der Waals surface area (Å²) in [5.41, 5.74) is 0. The second-order valence-electron chi connectivity index (χ2n) is 3.49. The van der Waals surface area contributed by atoms with Gasteiger partial charge in [-0.05, 0) is 12.1 Å². The Bertz CT molecular complexity index is 385. The van der Waals surface area contributed by atoms with E-state index in [1.807, 2.05) is 17.0 Å². The Morgan fingerprint density at radius 2 is 2.50 bits per heavy atom. The molecule has 2 heterocycles. The largest absolute Gasteiger partial charge is 0.495 e. The number of nitrogens with zero attached hydrogens (tertiary/aromatic N) is 3. The van der Waals surface area contributed by atoms with E-state index in [4.69, 9.17) is 14.7 Å². The molecule has 0 N–H and O–H groups in total. The van der Waals surface area contributed by atoms with Crippen LogP contribution in [0.3, 0.4) is 0 Å². The fraction of sp³-hybridized carbons (Fsp3) is 0.455. The second-order valence-corrected chi connectivity index (χ2v) is 3.49. The molecule has 2 rings (SSSR count). The minimum absolute atomic E-state index is 0.363. The zero-order valence-corrected chi connectivity index (χ0v) is 9.09. The van der Waals surface area contributed by atoms with E-state index in [2.05, 4.69) is 11.1 Å². The van der Waals surface area contributed by atoms with Crippen LogP contribution in [-0.4, -0.2) is 37.9 Å². The predicted molar refractivity (Wildman–Crippen MR) is 58.4 cm³/mol. The third kappa shape index (κ3) is 2.23. The highest BCUT2D eigenvalue weighted by Crippen LogP contribution is 2.17. The Morgan fingerprint density at radius 1 is 1.62 bits per heavy atom. The SMILES string of the molecule is COc1ccc(N2CCOC(C#N)C2)nc1. The topological polar surface area (TPSA) is 58.4 Å². The van der Waals surface area contributed by atoms with Gasteiger partial charge >= 0.3 is 0 Å². The zero-order valence-electron chi connectivity index (χ0n) is 9.09. The highest BCUT2D eigenvalue weighted by Gasteiger charge is 2.20. The number of aromatic nitrogens is 1. The van der Waals surface area contributed by atoms with Gasteiger partial charge in [-0.15, -0.1) is 0 Å². The van der Waals surface area contributed by atoms with Crippen molar-refractivity contribution in [1.29, 1.82) is 5.26 Å². The second kappa shape index (κ2) is 4.81. The first-order valence-electron chi connectivity index (χ1n) is 5.09. The van der Waals surface area contributed by atoms with Crippen molar-refractivity contribution in [2.75, 3.05) is 31.7 Å². The molecule has 0 bridgehead atoms. The monoisotopic (exact) mass is 219 g/mol. The number of hydrogen-bond donors (Lipinski definition) is 0. The third-order valence-corrected chi connectivity index (χ3v) is 2.49. The lowest BCUT2D eigenvalue weighted by Gasteiger charge is -2.30. The average Bonchev–Trinajstić information content (AvgIpc) is 2.39. The maximum absolute atomic E-state index is 8.80. The van der Waals surface area contributed by atoms with E-state index in [-0.39, 0.29) is 6.10 Å².